The Balaban J connectivity index is 2.63. The van der Waals surface area contributed by atoms with Crippen LogP contribution in [0.3, 0.4) is 0 Å². The van der Waals surface area contributed by atoms with Crippen molar-refractivity contribution in [2.75, 3.05) is 11.9 Å². The van der Waals surface area contributed by atoms with Crippen LogP contribution in [-0.4, -0.2) is 6.54 Å². The fourth-order valence-corrected chi connectivity index (χ4v) is 1.45. The van der Waals surface area contributed by atoms with E-state index in [1.54, 1.807) is 12.1 Å². The maximum Gasteiger partial charge on any atom is 0.101 e. The van der Waals surface area contributed by atoms with Gasteiger partial charge in [-0.2, -0.15) is 5.26 Å². The van der Waals surface area contributed by atoms with Gasteiger partial charge in [-0.05, 0) is 30.0 Å². The fraction of sp³-hybridized carbons (Fsp3) is 0.462. The van der Waals surface area contributed by atoms with Crippen LogP contribution in [-0.2, 0) is 0 Å². The molecule has 0 aliphatic heterocycles. The highest BCUT2D eigenvalue weighted by Gasteiger charge is 2.07. The van der Waals surface area contributed by atoms with Gasteiger partial charge >= 0.3 is 0 Å². The molecule has 1 rings (SSSR count). The molecule has 1 unspecified atom stereocenters. The number of hydrogen-bond acceptors (Lipinski definition) is 2. The standard InChI is InChI=1S/C13H17ClN2/c1-9(2)10(3)8-16-12-5-4-11(7-15)13(14)6-12/h4-6,9-10,16H,8H2,1-3H3. The van der Waals surface area contributed by atoms with Gasteiger partial charge in [0.25, 0.3) is 0 Å². The Morgan fingerprint density at radius 1 is 1.38 bits per heavy atom. The Bertz CT molecular complexity index is 393. The first-order chi connectivity index (χ1) is 7.54. The van der Waals surface area contributed by atoms with Crippen molar-refractivity contribution >= 4 is 17.3 Å². The summed E-state index contributed by atoms with van der Waals surface area (Å²) in [5.41, 5.74) is 1.49. The Morgan fingerprint density at radius 2 is 2.06 bits per heavy atom. The van der Waals surface area contributed by atoms with Gasteiger partial charge in [0, 0.05) is 12.2 Å². The van der Waals surface area contributed by atoms with E-state index < -0.39 is 0 Å². The van der Waals surface area contributed by atoms with Crippen LogP contribution < -0.4 is 5.32 Å². The van der Waals surface area contributed by atoms with Crippen LogP contribution in [0.15, 0.2) is 18.2 Å². The summed E-state index contributed by atoms with van der Waals surface area (Å²) in [7, 11) is 0. The minimum absolute atomic E-state index is 0.504. The molecule has 0 saturated carbocycles. The monoisotopic (exact) mass is 236 g/mol. The molecule has 0 saturated heterocycles. The van der Waals surface area contributed by atoms with E-state index in [-0.39, 0.29) is 0 Å². The molecule has 0 bridgehead atoms. The molecule has 0 heterocycles. The van der Waals surface area contributed by atoms with Crippen molar-refractivity contribution in [1.29, 1.82) is 5.26 Å². The second-order valence-electron chi connectivity index (χ2n) is 4.41. The zero-order chi connectivity index (χ0) is 12.1. The van der Waals surface area contributed by atoms with E-state index in [1.807, 2.05) is 12.1 Å². The minimum atomic E-state index is 0.504. The Hall–Kier alpha value is -1.20. The molecular weight excluding hydrogens is 220 g/mol. The smallest absolute Gasteiger partial charge is 0.101 e. The number of rotatable bonds is 4. The Labute approximate surface area is 102 Å². The maximum absolute atomic E-state index is 8.75. The number of nitrogens with one attached hydrogen (secondary N) is 1. The second kappa shape index (κ2) is 5.77. The summed E-state index contributed by atoms with van der Waals surface area (Å²) in [6.45, 7) is 7.54. The van der Waals surface area contributed by atoms with Gasteiger partial charge in [-0.3, -0.25) is 0 Å². The van der Waals surface area contributed by atoms with Crippen molar-refractivity contribution in [2.45, 2.75) is 20.8 Å². The van der Waals surface area contributed by atoms with Crippen LogP contribution in [0.25, 0.3) is 0 Å². The molecule has 1 aromatic carbocycles. The number of nitrogens with zero attached hydrogens (tertiary/aromatic N) is 1. The fourth-order valence-electron chi connectivity index (χ4n) is 1.23. The van der Waals surface area contributed by atoms with Crippen molar-refractivity contribution in [2.24, 2.45) is 11.8 Å². The zero-order valence-corrected chi connectivity index (χ0v) is 10.7. The van der Waals surface area contributed by atoms with Crippen molar-refractivity contribution in [3.8, 4) is 6.07 Å². The highest BCUT2D eigenvalue weighted by molar-refractivity contribution is 6.32. The van der Waals surface area contributed by atoms with E-state index in [2.05, 4.69) is 26.1 Å². The molecule has 1 atom stereocenters. The summed E-state index contributed by atoms with van der Waals surface area (Å²) in [5.74, 6) is 1.26. The molecule has 0 amide bonds. The lowest BCUT2D eigenvalue weighted by molar-refractivity contribution is 0.440. The third-order valence-electron chi connectivity index (χ3n) is 2.86. The van der Waals surface area contributed by atoms with Crippen molar-refractivity contribution in [3.63, 3.8) is 0 Å². The minimum Gasteiger partial charge on any atom is -0.385 e. The summed E-state index contributed by atoms with van der Waals surface area (Å²) >= 11 is 5.94. The third-order valence-corrected chi connectivity index (χ3v) is 3.17. The van der Waals surface area contributed by atoms with E-state index in [0.29, 0.717) is 22.4 Å². The molecule has 86 valence electrons. The summed E-state index contributed by atoms with van der Waals surface area (Å²) < 4.78 is 0. The topological polar surface area (TPSA) is 35.8 Å². The summed E-state index contributed by atoms with van der Waals surface area (Å²) in [6, 6.07) is 7.47. The van der Waals surface area contributed by atoms with Crippen molar-refractivity contribution < 1.29 is 0 Å². The lowest BCUT2D eigenvalue weighted by atomic mass is 9.98. The highest BCUT2D eigenvalue weighted by atomic mass is 35.5. The van der Waals surface area contributed by atoms with Crippen LogP contribution in [0.2, 0.25) is 5.02 Å². The number of halogens is 1. The first-order valence-electron chi connectivity index (χ1n) is 5.48. The van der Waals surface area contributed by atoms with Crippen LogP contribution in [0.4, 0.5) is 5.69 Å². The lowest BCUT2D eigenvalue weighted by Gasteiger charge is -2.17. The normalized spacial score (nSPS) is 12.2. The van der Waals surface area contributed by atoms with E-state index in [0.717, 1.165) is 12.2 Å². The van der Waals surface area contributed by atoms with E-state index in [9.17, 15) is 0 Å². The van der Waals surface area contributed by atoms with E-state index in [4.69, 9.17) is 16.9 Å². The summed E-state index contributed by atoms with van der Waals surface area (Å²) in [4.78, 5) is 0. The van der Waals surface area contributed by atoms with Gasteiger partial charge in [0.05, 0.1) is 10.6 Å². The third kappa shape index (κ3) is 3.43. The molecular formula is C13H17ClN2. The van der Waals surface area contributed by atoms with Gasteiger partial charge < -0.3 is 5.32 Å². The highest BCUT2D eigenvalue weighted by Crippen LogP contribution is 2.21. The molecule has 2 nitrogen and oxygen atoms in total. The molecule has 0 aliphatic carbocycles. The number of anilines is 1. The van der Waals surface area contributed by atoms with Gasteiger partial charge in [-0.25, -0.2) is 0 Å². The lowest BCUT2D eigenvalue weighted by Crippen LogP contribution is -2.16. The van der Waals surface area contributed by atoms with E-state index >= 15 is 0 Å². The second-order valence-corrected chi connectivity index (χ2v) is 4.82. The molecule has 0 aliphatic rings. The SMILES string of the molecule is CC(C)C(C)CNc1ccc(C#N)c(Cl)c1. The molecule has 0 fully saturated rings. The Morgan fingerprint density at radius 3 is 2.56 bits per heavy atom. The average molecular weight is 237 g/mol. The number of hydrogen-bond donors (Lipinski definition) is 1. The molecule has 0 spiro atoms. The van der Waals surface area contributed by atoms with Crippen LogP contribution >= 0.6 is 11.6 Å². The average Bonchev–Trinajstić information content (AvgIpc) is 2.25. The van der Waals surface area contributed by atoms with Crippen molar-refractivity contribution in [3.05, 3.63) is 28.8 Å². The number of nitriles is 1. The van der Waals surface area contributed by atoms with Crippen LogP contribution in [0.1, 0.15) is 26.3 Å². The summed E-state index contributed by atoms with van der Waals surface area (Å²) in [6.07, 6.45) is 0. The van der Waals surface area contributed by atoms with Gasteiger partial charge in [0.2, 0.25) is 0 Å². The first kappa shape index (κ1) is 12.9. The van der Waals surface area contributed by atoms with E-state index in [1.165, 1.54) is 0 Å². The van der Waals surface area contributed by atoms with Crippen LogP contribution in [0, 0.1) is 23.2 Å². The maximum atomic E-state index is 8.75. The predicted molar refractivity (Wildman–Crippen MR) is 68.7 cm³/mol. The molecule has 0 radical (unpaired) electrons. The molecule has 16 heavy (non-hydrogen) atoms. The quantitative estimate of drug-likeness (QED) is 0.860. The summed E-state index contributed by atoms with van der Waals surface area (Å²) in [5, 5.41) is 12.6. The first-order valence-corrected chi connectivity index (χ1v) is 5.86. The van der Waals surface area contributed by atoms with Gasteiger partial charge in [-0.1, -0.05) is 32.4 Å². The van der Waals surface area contributed by atoms with Crippen molar-refractivity contribution in [1.82, 2.24) is 0 Å². The molecule has 3 heteroatoms. The predicted octanol–water partition coefficient (Wildman–Crippen LogP) is 3.92. The number of benzene rings is 1. The van der Waals surface area contributed by atoms with Gasteiger partial charge in [-0.15, -0.1) is 0 Å². The molecule has 1 aromatic rings. The van der Waals surface area contributed by atoms with Gasteiger partial charge in [0.1, 0.15) is 6.07 Å². The van der Waals surface area contributed by atoms with Gasteiger partial charge in [0.15, 0.2) is 0 Å². The molecule has 0 aromatic heterocycles. The Kier molecular flexibility index (Phi) is 4.64. The zero-order valence-electron chi connectivity index (χ0n) is 9.92. The largest absolute Gasteiger partial charge is 0.385 e. The van der Waals surface area contributed by atoms with Crippen LogP contribution in [0.5, 0.6) is 0 Å². The molecule has 1 N–H and O–H groups in total.